The number of furan rings is 1. The van der Waals surface area contributed by atoms with E-state index >= 15 is 0 Å². The van der Waals surface area contributed by atoms with Crippen molar-refractivity contribution in [3.63, 3.8) is 0 Å². The van der Waals surface area contributed by atoms with Crippen molar-refractivity contribution >= 4 is 34.5 Å². The van der Waals surface area contributed by atoms with E-state index in [4.69, 9.17) is 28.7 Å². The summed E-state index contributed by atoms with van der Waals surface area (Å²) in [6.07, 6.45) is 0. The van der Waals surface area contributed by atoms with Gasteiger partial charge in [0.15, 0.2) is 17.5 Å². The second-order valence-corrected chi connectivity index (χ2v) is 12.8. The Morgan fingerprint density at radius 2 is 1.02 bits per heavy atom. The summed E-state index contributed by atoms with van der Waals surface area (Å²) in [7, 11) is -0.518. The van der Waals surface area contributed by atoms with Crippen molar-refractivity contribution in [1.29, 1.82) is 0 Å². The highest BCUT2D eigenvalue weighted by Gasteiger charge is 2.52. The molecule has 7 aromatic rings. The van der Waals surface area contributed by atoms with Crippen LogP contribution in [0, 0.1) is 0 Å². The number of benzene rings is 5. The van der Waals surface area contributed by atoms with Gasteiger partial charge in [0.1, 0.15) is 11.2 Å². The van der Waals surface area contributed by atoms with Gasteiger partial charge in [-0.25, -0.2) is 15.0 Å². The van der Waals surface area contributed by atoms with Gasteiger partial charge in [0, 0.05) is 33.0 Å². The topological polar surface area (TPSA) is 70.3 Å². The van der Waals surface area contributed by atoms with E-state index < -0.39 is 18.3 Å². The minimum atomic E-state index is -0.518. The molecule has 8 rings (SSSR count). The van der Waals surface area contributed by atoms with Crippen LogP contribution >= 0.6 is 0 Å². The zero-order chi connectivity index (χ0) is 31.5. The molecule has 0 N–H and O–H groups in total. The molecule has 1 aliphatic heterocycles. The molecule has 0 atom stereocenters. The third-order valence-corrected chi connectivity index (χ3v) is 9.16. The van der Waals surface area contributed by atoms with Crippen LogP contribution in [0.2, 0.25) is 0 Å². The monoisotopic (exact) mass is 601 g/mol. The maximum atomic E-state index is 6.51. The summed E-state index contributed by atoms with van der Waals surface area (Å²) < 4.78 is 19.5. The van der Waals surface area contributed by atoms with Crippen LogP contribution in [0.15, 0.2) is 126 Å². The van der Waals surface area contributed by atoms with E-state index in [1.807, 2.05) is 91.0 Å². The first-order chi connectivity index (χ1) is 22.3. The summed E-state index contributed by atoms with van der Waals surface area (Å²) >= 11 is 0. The second kappa shape index (κ2) is 10.8. The third kappa shape index (κ3) is 4.89. The first kappa shape index (κ1) is 28.4. The number of rotatable bonds is 5. The summed E-state index contributed by atoms with van der Waals surface area (Å²) in [5.41, 5.74) is 6.31. The maximum Gasteiger partial charge on any atom is 0.494 e. The first-order valence-corrected chi connectivity index (χ1v) is 15.5. The van der Waals surface area contributed by atoms with E-state index in [1.165, 1.54) is 0 Å². The van der Waals surface area contributed by atoms with E-state index in [0.717, 1.165) is 55.2 Å². The Bertz CT molecular complexity index is 2160. The predicted molar refractivity (Wildman–Crippen MR) is 185 cm³/mol. The lowest BCUT2D eigenvalue weighted by molar-refractivity contribution is 0.00578. The summed E-state index contributed by atoms with van der Waals surface area (Å²) in [6, 6.07) is 40.7. The molecule has 0 aliphatic carbocycles. The molecule has 1 saturated heterocycles. The van der Waals surface area contributed by atoms with E-state index in [9.17, 15) is 0 Å². The van der Waals surface area contributed by atoms with Crippen molar-refractivity contribution in [3.8, 4) is 45.3 Å². The molecular formula is C39H32BN3O3. The molecule has 224 valence electrons. The van der Waals surface area contributed by atoms with Crippen LogP contribution in [-0.2, 0) is 9.31 Å². The van der Waals surface area contributed by atoms with E-state index in [-0.39, 0.29) is 0 Å². The predicted octanol–water partition coefficient (Wildman–Crippen LogP) is 8.74. The minimum absolute atomic E-state index is 0.462. The molecule has 0 radical (unpaired) electrons. The van der Waals surface area contributed by atoms with Crippen LogP contribution in [-0.4, -0.2) is 33.3 Å². The van der Waals surface area contributed by atoms with E-state index in [1.54, 1.807) is 0 Å². The molecule has 7 heteroatoms. The second-order valence-electron chi connectivity index (χ2n) is 12.8. The number of aromatic nitrogens is 3. The lowest BCUT2D eigenvalue weighted by Crippen LogP contribution is -2.41. The fourth-order valence-corrected chi connectivity index (χ4v) is 5.94. The van der Waals surface area contributed by atoms with E-state index in [2.05, 4.69) is 58.0 Å². The molecular weight excluding hydrogens is 569 g/mol. The molecule has 0 amide bonds. The average Bonchev–Trinajstić information content (AvgIpc) is 3.57. The lowest BCUT2D eigenvalue weighted by Gasteiger charge is -2.32. The maximum absolute atomic E-state index is 6.51. The molecule has 6 nitrogen and oxygen atoms in total. The van der Waals surface area contributed by atoms with Gasteiger partial charge in [-0.05, 0) is 50.9 Å². The zero-order valence-corrected chi connectivity index (χ0v) is 26.2. The zero-order valence-electron chi connectivity index (χ0n) is 26.2. The Hall–Kier alpha value is -5.11. The number of fused-ring (bicyclic) bond motifs is 3. The Balaban J connectivity index is 1.30. The first-order valence-electron chi connectivity index (χ1n) is 15.5. The Morgan fingerprint density at radius 3 is 1.65 bits per heavy atom. The van der Waals surface area contributed by atoms with Crippen LogP contribution in [0.3, 0.4) is 0 Å². The van der Waals surface area contributed by atoms with Gasteiger partial charge in [-0.1, -0.05) is 109 Å². The quantitative estimate of drug-likeness (QED) is 0.184. The molecule has 2 aromatic heterocycles. The van der Waals surface area contributed by atoms with Gasteiger partial charge >= 0.3 is 7.12 Å². The number of nitrogens with zero attached hydrogens (tertiary/aromatic N) is 3. The molecule has 0 unspecified atom stereocenters. The van der Waals surface area contributed by atoms with Crippen LogP contribution in [0.5, 0.6) is 0 Å². The van der Waals surface area contributed by atoms with Crippen molar-refractivity contribution in [1.82, 2.24) is 15.0 Å². The summed E-state index contributed by atoms with van der Waals surface area (Å²) in [5, 5.41) is 2.06. The van der Waals surface area contributed by atoms with Gasteiger partial charge in [-0.2, -0.15) is 0 Å². The molecule has 1 aliphatic rings. The normalized spacial score (nSPS) is 15.5. The van der Waals surface area contributed by atoms with Crippen molar-refractivity contribution in [3.05, 3.63) is 121 Å². The fourth-order valence-electron chi connectivity index (χ4n) is 5.94. The molecule has 1 fully saturated rings. The van der Waals surface area contributed by atoms with Gasteiger partial charge in [0.2, 0.25) is 0 Å². The van der Waals surface area contributed by atoms with Gasteiger partial charge in [-0.15, -0.1) is 0 Å². The van der Waals surface area contributed by atoms with Crippen LogP contribution in [0.1, 0.15) is 27.7 Å². The largest absolute Gasteiger partial charge is 0.494 e. The molecule has 3 heterocycles. The SMILES string of the molecule is CC1(C)OB(c2cc(-c3cccc(-c4nc(-c5ccccc5)nc(-c5ccccc5)n4)c3)c3oc4ccccc4c3c2)OC1(C)C. The summed E-state index contributed by atoms with van der Waals surface area (Å²) in [4.78, 5) is 14.8. The van der Waals surface area contributed by atoms with Crippen molar-refractivity contribution in [2.24, 2.45) is 0 Å². The highest BCUT2D eigenvalue weighted by Crippen LogP contribution is 2.40. The lowest BCUT2D eigenvalue weighted by atomic mass is 9.77. The van der Waals surface area contributed by atoms with Crippen LogP contribution in [0.4, 0.5) is 0 Å². The minimum Gasteiger partial charge on any atom is -0.455 e. The smallest absolute Gasteiger partial charge is 0.455 e. The highest BCUT2D eigenvalue weighted by atomic mass is 16.7. The molecule has 5 aromatic carbocycles. The Labute approximate surface area is 268 Å². The average molecular weight is 602 g/mol. The number of hydrogen-bond acceptors (Lipinski definition) is 6. The third-order valence-electron chi connectivity index (χ3n) is 9.16. The van der Waals surface area contributed by atoms with Crippen LogP contribution < -0.4 is 5.46 Å². The molecule has 0 saturated carbocycles. The summed E-state index contributed by atoms with van der Waals surface area (Å²) in [6.45, 7) is 8.30. The molecule has 0 bridgehead atoms. The van der Waals surface area contributed by atoms with Gasteiger partial charge < -0.3 is 13.7 Å². The summed E-state index contributed by atoms with van der Waals surface area (Å²) in [5.74, 6) is 1.84. The van der Waals surface area contributed by atoms with Crippen molar-refractivity contribution in [2.75, 3.05) is 0 Å². The number of para-hydroxylation sites is 1. The van der Waals surface area contributed by atoms with Gasteiger partial charge in [-0.3, -0.25) is 0 Å². The van der Waals surface area contributed by atoms with E-state index in [0.29, 0.717) is 17.5 Å². The number of hydrogen-bond donors (Lipinski definition) is 0. The fraction of sp³-hybridized carbons (Fsp3) is 0.154. The highest BCUT2D eigenvalue weighted by molar-refractivity contribution is 6.62. The van der Waals surface area contributed by atoms with Gasteiger partial charge in [0.05, 0.1) is 11.2 Å². The molecule has 0 spiro atoms. The standard InChI is InChI=1S/C39H32BN3O3/c1-38(2)39(3,4)46-40(45-38)29-23-31(34-32(24-29)30-20-11-12-21-33(30)44-34)27-18-13-19-28(22-27)37-42-35(25-14-7-5-8-15-25)41-36(43-37)26-16-9-6-10-17-26/h5-24H,1-4H3. The van der Waals surface area contributed by atoms with Crippen molar-refractivity contribution < 1.29 is 13.7 Å². The van der Waals surface area contributed by atoms with Gasteiger partial charge in [0.25, 0.3) is 0 Å². The molecule has 46 heavy (non-hydrogen) atoms. The van der Waals surface area contributed by atoms with Crippen LogP contribution in [0.25, 0.3) is 67.2 Å². The Kier molecular flexibility index (Phi) is 6.64. The Morgan fingerprint density at radius 1 is 0.500 bits per heavy atom. The van der Waals surface area contributed by atoms with Crippen molar-refractivity contribution in [2.45, 2.75) is 38.9 Å².